The molecule has 140 valence electrons. The summed E-state index contributed by atoms with van der Waals surface area (Å²) in [7, 11) is 2.04. The monoisotopic (exact) mass is 353 g/mol. The summed E-state index contributed by atoms with van der Waals surface area (Å²) >= 11 is 0. The number of benzene rings is 1. The zero-order valence-electron chi connectivity index (χ0n) is 16.2. The highest BCUT2D eigenvalue weighted by Gasteiger charge is 2.05. The molecule has 0 bridgehead atoms. The van der Waals surface area contributed by atoms with E-state index in [-0.39, 0.29) is 11.2 Å². The summed E-state index contributed by atoms with van der Waals surface area (Å²) < 4.78 is 2.14. The van der Waals surface area contributed by atoms with Crippen molar-refractivity contribution in [3.8, 4) is 0 Å². The maximum absolute atomic E-state index is 12.2. The lowest BCUT2D eigenvalue weighted by molar-refractivity contribution is -0.114. The number of carbonyl (C=O) groups is 1. The standard InChI is InChI=1S/C23H31NO2/c1-3-4-14-20(25)15-10-8-6-5-7-9-13-19-18-23(26)21-16-11-12-17-22(21)24(19)2/h10-12,15-18H,3-9,13-14H2,1-2H3. The van der Waals surface area contributed by atoms with Crippen molar-refractivity contribution in [1.82, 2.24) is 4.57 Å². The van der Waals surface area contributed by atoms with Crippen LogP contribution in [0.2, 0.25) is 0 Å². The topological polar surface area (TPSA) is 39.1 Å². The first-order chi connectivity index (χ1) is 12.6. The molecule has 0 aliphatic carbocycles. The molecule has 0 unspecified atom stereocenters. The van der Waals surface area contributed by atoms with E-state index in [1.54, 1.807) is 12.1 Å². The zero-order chi connectivity index (χ0) is 18.8. The molecule has 0 atom stereocenters. The minimum Gasteiger partial charge on any atom is -0.347 e. The highest BCUT2D eigenvalue weighted by atomic mass is 16.1. The average Bonchev–Trinajstić information content (AvgIpc) is 2.66. The fourth-order valence-corrected chi connectivity index (χ4v) is 3.27. The van der Waals surface area contributed by atoms with Crippen LogP contribution in [0, 0.1) is 0 Å². The van der Waals surface area contributed by atoms with Crippen LogP contribution in [0.1, 0.15) is 64.0 Å². The van der Waals surface area contributed by atoms with E-state index in [0.717, 1.165) is 68.0 Å². The van der Waals surface area contributed by atoms with Gasteiger partial charge in [-0.05, 0) is 50.3 Å². The molecule has 26 heavy (non-hydrogen) atoms. The van der Waals surface area contributed by atoms with E-state index in [4.69, 9.17) is 0 Å². The summed E-state index contributed by atoms with van der Waals surface area (Å²) in [5.74, 6) is 0.254. The van der Waals surface area contributed by atoms with E-state index >= 15 is 0 Å². The van der Waals surface area contributed by atoms with Crippen LogP contribution in [0.15, 0.2) is 47.3 Å². The van der Waals surface area contributed by atoms with Gasteiger partial charge in [0, 0.05) is 30.6 Å². The lowest BCUT2D eigenvalue weighted by Crippen LogP contribution is -2.11. The van der Waals surface area contributed by atoms with Gasteiger partial charge in [0.2, 0.25) is 0 Å². The van der Waals surface area contributed by atoms with E-state index in [9.17, 15) is 9.59 Å². The highest BCUT2D eigenvalue weighted by molar-refractivity contribution is 5.89. The van der Waals surface area contributed by atoms with Gasteiger partial charge in [-0.25, -0.2) is 0 Å². The number of aromatic nitrogens is 1. The third-order valence-corrected chi connectivity index (χ3v) is 4.89. The summed E-state index contributed by atoms with van der Waals surface area (Å²) in [6, 6.07) is 9.57. The van der Waals surface area contributed by atoms with Gasteiger partial charge >= 0.3 is 0 Å². The van der Waals surface area contributed by atoms with Gasteiger partial charge in [0.05, 0.1) is 5.52 Å². The number of rotatable bonds is 11. The molecule has 0 amide bonds. The Kier molecular flexibility index (Phi) is 8.33. The molecule has 0 aliphatic rings. The van der Waals surface area contributed by atoms with Crippen molar-refractivity contribution in [3.63, 3.8) is 0 Å². The molecule has 3 nitrogen and oxygen atoms in total. The Morgan fingerprint density at radius 3 is 2.65 bits per heavy atom. The fourth-order valence-electron chi connectivity index (χ4n) is 3.27. The molecular weight excluding hydrogens is 322 g/mol. The number of hydrogen-bond donors (Lipinski definition) is 0. The number of fused-ring (bicyclic) bond motifs is 1. The second-order valence-electron chi connectivity index (χ2n) is 7.00. The normalized spacial score (nSPS) is 11.5. The van der Waals surface area contributed by atoms with Crippen LogP contribution < -0.4 is 5.43 Å². The molecule has 3 heteroatoms. The van der Waals surface area contributed by atoms with Crippen LogP contribution in [0.5, 0.6) is 0 Å². The van der Waals surface area contributed by atoms with E-state index in [2.05, 4.69) is 11.5 Å². The Labute approximate surface area is 156 Å². The molecule has 0 radical (unpaired) electrons. The largest absolute Gasteiger partial charge is 0.347 e. The number of allylic oxidation sites excluding steroid dienone is 2. The molecule has 0 fully saturated rings. The smallest absolute Gasteiger partial charge is 0.189 e. The summed E-state index contributed by atoms with van der Waals surface area (Å²) in [6.45, 7) is 2.10. The number of para-hydroxylation sites is 1. The van der Waals surface area contributed by atoms with E-state index < -0.39 is 0 Å². The molecule has 1 aromatic carbocycles. The van der Waals surface area contributed by atoms with E-state index in [1.807, 2.05) is 37.4 Å². The number of unbranched alkanes of at least 4 members (excludes halogenated alkanes) is 5. The van der Waals surface area contributed by atoms with Gasteiger partial charge in [0.1, 0.15) is 0 Å². The predicted molar refractivity (Wildman–Crippen MR) is 110 cm³/mol. The molecule has 1 heterocycles. The average molecular weight is 354 g/mol. The van der Waals surface area contributed by atoms with Crippen LogP contribution in [0.25, 0.3) is 10.9 Å². The Bertz CT molecular complexity index is 801. The van der Waals surface area contributed by atoms with Crippen molar-refractivity contribution < 1.29 is 4.79 Å². The van der Waals surface area contributed by atoms with Crippen molar-refractivity contribution in [2.75, 3.05) is 0 Å². The summed E-state index contributed by atoms with van der Waals surface area (Å²) in [5.41, 5.74) is 2.23. The predicted octanol–water partition coefficient (Wildman–Crippen LogP) is 5.35. The maximum atomic E-state index is 12.2. The van der Waals surface area contributed by atoms with Gasteiger partial charge in [0.15, 0.2) is 11.2 Å². The number of aryl methyl sites for hydroxylation is 2. The van der Waals surface area contributed by atoms with Crippen molar-refractivity contribution >= 4 is 16.7 Å². The third kappa shape index (κ3) is 5.98. The van der Waals surface area contributed by atoms with Crippen LogP contribution >= 0.6 is 0 Å². The van der Waals surface area contributed by atoms with Crippen molar-refractivity contribution in [3.05, 3.63) is 58.4 Å². The lowest BCUT2D eigenvalue weighted by atomic mass is 10.1. The fraction of sp³-hybridized carbons (Fsp3) is 0.478. The van der Waals surface area contributed by atoms with Crippen LogP contribution in [0.3, 0.4) is 0 Å². The van der Waals surface area contributed by atoms with Crippen LogP contribution in [-0.4, -0.2) is 10.4 Å². The number of hydrogen-bond acceptors (Lipinski definition) is 2. The first-order valence-corrected chi connectivity index (χ1v) is 9.90. The minimum absolute atomic E-state index is 0.117. The first-order valence-electron chi connectivity index (χ1n) is 9.90. The quantitative estimate of drug-likeness (QED) is 0.404. The Balaban J connectivity index is 1.71. The van der Waals surface area contributed by atoms with E-state index in [0.29, 0.717) is 6.42 Å². The first kappa shape index (κ1) is 20.2. The zero-order valence-corrected chi connectivity index (χ0v) is 16.2. The molecule has 1 aromatic heterocycles. The van der Waals surface area contributed by atoms with Crippen molar-refractivity contribution in [2.24, 2.45) is 7.05 Å². The molecule has 0 spiro atoms. The van der Waals surface area contributed by atoms with Crippen LogP contribution in [0.4, 0.5) is 0 Å². The molecule has 0 saturated heterocycles. The second-order valence-corrected chi connectivity index (χ2v) is 7.00. The van der Waals surface area contributed by atoms with Gasteiger partial charge < -0.3 is 4.57 Å². The molecular formula is C23H31NO2. The SMILES string of the molecule is CCCCC(=O)C=CCCCCCCc1cc(=O)c2ccccc2n1C. The molecule has 0 aliphatic heterocycles. The number of pyridine rings is 1. The van der Waals surface area contributed by atoms with Gasteiger partial charge in [0.25, 0.3) is 0 Å². The van der Waals surface area contributed by atoms with E-state index in [1.165, 1.54) is 0 Å². The maximum Gasteiger partial charge on any atom is 0.189 e. The molecule has 2 aromatic rings. The minimum atomic E-state index is 0.117. The second kappa shape index (κ2) is 10.7. The Morgan fingerprint density at radius 1 is 1.08 bits per heavy atom. The van der Waals surface area contributed by atoms with Gasteiger partial charge in [-0.1, -0.05) is 44.4 Å². The third-order valence-electron chi connectivity index (χ3n) is 4.89. The number of nitrogens with zero attached hydrogens (tertiary/aromatic N) is 1. The summed E-state index contributed by atoms with van der Waals surface area (Å²) in [4.78, 5) is 23.8. The summed E-state index contributed by atoms with van der Waals surface area (Å²) in [5, 5.41) is 0.791. The van der Waals surface area contributed by atoms with Crippen molar-refractivity contribution in [1.29, 1.82) is 0 Å². The molecule has 2 rings (SSSR count). The van der Waals surface area contributed by atoms with Gasteiger partial charge in [-0.15, -0.1) is 0 Å². The van der Waals surface area contributed by atoms with Crippen molar-refractivity contribution in [2.45, 2.75) is 64.7 Å². The highest BCUT2D eigenvalue weighted by Crippen LogP contribution is 2.14. The van der Waals surface area contributed by atoms with Gasteiger partial charge in [-0.3, -0.25) is 9.59 Å². The number of carbonyl (C=O) groups excluding carboxylic acids is 1. The molecule has 0 N–H and O–H groups in total. The molecule has 0 saturated carbocycles. The van der Waals surface area contributed by atoms with Crippen LogP contribution in [-0.2, 0) is 18.3 Å². The summed E-state index contributed by atoms with van der Waals surface area (Å²) in [6.07, 6.45) is 12.9. The number of ketones is 1. The van der Waals surface area contributed by atoms with Gasteiger partial charge in [-0.2, -0.15) is 0 Å². The Morgan fingerprint density at radius 2 is 1.85 bits per heavy atom. The Hall–Kier alpha value is -2.16. The lowest BCUT2D eigenvalue weighted by Gasteiger charge is -2.12.